The molecule has 0 atom stereocenters. The molecule has 32 heavy (non-hydrogen) atoms. The lowest BCUT2D eigenvalue weighted by Gasteiger charge is -2.10. The van der Waals surface area contributed by atoms with Crippen molar-refractivity contribution in [1.29, 1.82) is 0 Å². The third-order valence-electron chi connectivity index (χ3n) is 4.64. The minimum Gasteiger partial charge on any atom is -0.422 e. The van der Waals surface area contributed by atoms with Gasteiger partial charge in [-0.3, -0.25) is 4.79 Å². The zero-order valence-corrected chi connectivity index (χ0v) is 19.8. The molecule has 4 rings (SSSR count). The number of hydrogen-bond donors (Lipinski definition) is 1. The number of hydrazone groups is 1. The van der Waals surface area contributed by atoms with E-state index < -0.39 is 5.97 Å². The lowest BCUT2D eigenvalue weighted by Crippen LogP contribution is -2.17. The van der Waals surface area contributed by atoms with Crippen molar-refractivity contribution in [3.05, 3.63) is 111 Å². The largest absolute Gasteiger partial charge is 0.422 e. The van der Waals surface area contributed by atoms with E-state index in [0.29, 0.717) is 22.4 Å². The molecule has 0 saturated carbocycles. The van der Waals surface area contributed by atoms with Gasteiger partial charge in [0.25, 0.3) is 5.91 Å². The van der Waals surface area contributed by atoms with Gasteiger partial charge in [-0.2, -0.15) is 5.10 Å². The van der Waals surface area contributed by atoms with Gasteiger partial charge in [0.1, 0.15) is 5.75 Å². The van der Waals surface area contributed by atoms with Gasteiger partial charge in [0.15, 0.2) is 0 Å². The van der Waals surface area contributed by atoms with Crippen LogP contribution in [0, 0.1) is 0 Å². The normalized spacial score (nSPS) is 10.9. The van der Waals surface area contributed by atoms with Crippen LogP contribution in [-0.4, -0.2) is 18.1 Å². The van der Waals surface area contributed by atoms with Crippen molar-refractivity contribution in [2.45, 2.75) is 0 Å². The van der Waals surface area contributed by atoms with E-state index in [1.165, 1.54) is 6.21 Å². The molecule has 0 bridgehead atoms. The van der Waals surface area contributed by atoms with E-state index >= 15 is 0 Å². The molecule has 0 aromatic heterocycles. The third-order valence-corrected chi connectivity index (χ3v) is 5.63. The third kappa shape index (κ3) is 5.12. The van der Waals surface area contributed by atoms with Crippen molar-refractivity contribution in [3.63, 3.8) is 0 Å². The highest BCUT2D eigenvalue weighted by atomic mass is 79.9. The minimum atomic E-state index is -0.475. The van der Waals surface area contributed by atoms with Crippen molar-refractivity contribution in [1.82, 2.24) is 5.43 Å². The fourth-order valence-corrected chi connectivity index (χ4v) is 3.90. The van der Waals surface area contributed by atoms with Gasteiger partial charge < -0.3 is 4.74 Å². The molecular formula is C25H16Br2N2O3. The monoisotopic (exact) mass is 550 g/mol. The number of benzene rings is 4. The molecule has 158 valence electrons. The number of nitrogens with zero attached hydrogens (tertiary/aromatic N) is 1. The Morgan fingerprint density at radius 2 is 1.59 bits per heavy atom. The fraction of sp³-hybridized carbons (Fsp3) is 0. The molecule has 0 unspecified atom stereocenters. The summed E-state index contributed by atoms with van der Waals surface area (Å²) in [6.45, 7) is 0. The second-order valence-electron chi connectivity index (χ2n) is 6.81. The highest BCUT2D eigenvalue weighted by Crippen LogP contribution is 2.25. The number of hydrogen-bond acceptors (Lipinski definition) is 4. The van der Waals surface area contributed by atoms with Crippen LogP contribution in [0.3, 0.4) is 0 Å². The Bertz CT molecular complexity index is 1350. The lowest BCUT2D eigenvalue weighted by molar-refractivity contribution is 0.0736. The van der Waals surface area contributed by atoms with E-state index in [1.54, 1.807) is 42.5 Å². The number of fused-ring (bicyclic) bond motifs is 1. The van der Waals surface area contributed by atoms with E-state index in [2.05, 4.69) is 42.4 Å². The molecule has 0 fully saturated rings. The maximum Gasteiger partial charge on any atom is 0.344 e. The summed E-state index contributed by atoms with van der Waals surface area (Å²) >= 11 is 6.75. The minimum absolute atomic E-state index is 0.326. The molecule has 5 nitrogen and oxygen atoms in total. The summed E-state index contributed by atoms with van der Waals surface area (Å²) in [6, 6.07) is 25.3. The zero-order chi connectivity index (χ0) is 22.5. The maximum atomic E-state index is 12.9. The van der Waals surface area contributed by atoms with E-state index in [0.717, 1.165) is 19.7 Å². The van der Waals surface area contributed by atoms with Crippen LogP contribution >= 0.6 is 31.9 Å². The van der Waals surface area contributed by atoms with Crippen molar-refractivity contribution >= 4 is 60.7 Å². The SMILES string of the molecule is O=C(N/N=C\c1cc(Br)ccc1OC(=O)c1cccc2ccccc12)c1cccc(Br)c1. The highest BCUT2D eigenvalue weighted by Gasteiger charge is 2.14. The maximum absolute atomic E-state index is 12.9. The quantitative estimate of drug-likeness (QED) is 0.136. The van der Waals surface area contributed by atoms with Gasteiger partial charge in [-0.1, -0.05) is 74.3 Å². The van der Waals surface area contributed by atoms with Gasteiger partial charge in [-0.05, 0) is 53.2 Å². The number of nitrogens with one attached hydrogen (secondary N) is 1. The molecule has 0 heterocycles. The van der Waals surface area contributed by atoms with Gasteiger partial charge in [0.2, 0.25) is 0 Å². The average Bonchev–Trinajstić information content (AvgIpc) is 2.80. The Balaban J connectivity index is 1.55. The molecule has 0 radical (unpaired) electrons. The molecular weight excluding hydrogens is 536 g/mol. The summed E-state index contributed by atoms with van der Waals surface area (Å²) in [4.78, 5) is 25.2. The van der Waals surface area contributed by atoms with Gasteiger partial charge in [-0.25, -0.2) is 10.2 Å². The van der Waals surface area contributed by atoms with Crippen molar-refractivity contribution in [2.24, 2.45) is 5.10 Å². The van der Waals surface area contributed by atoms with Crippen LogP contribution in [0.4, 0.5) is 0 Å². The van der Waals surface area contributed by atoms with E-state index in [4.69, 9.17) is 4.74 Å². The predicted molar refractivity (Wildman–Crippen MR) is 132 cm³/mol. The van der Waals surface area contributed by atoms with E-state index in [-0.39, 0.29) is 5.91 Å². The number of amides is 1. The first-order chi connectivity index (χ1) is 15.5. The first-order valence-corrected chi connectivity index (χ1v) is 11.2. The van der Waals surface area contributed by atoms with E-state index in [9.17, 15) is 9.59 Å². The number of carbonyl (C=O) groups is 2. The first kappa shape index (κ1) is 21.9. The molecule has 4 aromatic rings. The van der Waals surface area contributed by atoms with Crippen LogP contribution < -0.4 is 10.2 Å². The van der Waals surface area contributed by atoms with Crippen LogP contribution in [-0.2, 0) is 0 Å². The highest BCUT2D eigenvalue weighted by molar-refractivity contribution is 9.10. The summed E-state index contributed by atoms with van der Waals surface area (Å²) in [7, 11) is 0. The number of halogens is 2. The second-order valence-corrected chi connectivity index (χ2v) is 8.64. The van der Waals surface area contributed by atoms with Crippen molar-refractivity contribution < 1.29 is 14.3 Å². The van der Waals surface area contributed by atoms with Crippen LogP contribution in [0.25, 0.3) is 10.8 Å². The number of esters is 1. The summed E-state index contributed by atoms with van der Waals surface area (Å²) in [6.07, 6.45) is 1.44. The summed E-state index contributed by atoms with van der Waals surface area (Å²) in [5, 5.41) is 5.79. The molecule has 4 aromatic carbocycles. The van der Waals surface area contributed by atoms with Crippen LogP contribution in [0.1, 0.15) is 26.3 Å². The molecule has 1 N–H and O–H groups in total. The van der Waals surface area contributed by atoms with Gasteiger partial charge in [0, 0.05) is 20.1 Å². The fourth-order valence-electron chi connectivity index (χ4n) is 3.13. The number of carbonyl (C=O) groups excluding carboxylic acids is 2. The van der Waals surface area contributed by atoms with Gasteiger partial charge in [0.05, 0.1) is 11.8 Å². The van der Waals surface area contributed by atoms with Crippen LogP contribution in [0.5, 0.6) is 5.75 Å². The Morgan fingerprint density at radius 3 is 2.44 bits per heavy atom. The first-order valence-electron chi connectivity index (χ1n) is 9.60. The zero-order valence-electron chi connectivity index (χ0n) is 16.6. The van der Waals surface area contributed by atoms with E-state index in [1.807, 2.05) is 42.5 Å². The molecule has 0 aliphatic rings. The molecule has 7 heteroatoms. The summed E-state index contributed by atoms with van der Waals surface area (Å²) < 4.78 is 7.26. The molecule has 0 saturated heterocycles. The predicted octanol–water partition coefficient (Wildman–Crippen LogP) is 6.35. The second kappa shape index (κ2) is 9.89. The summed E-state index contributed by atoms with van der Waals surface area (Å²) in [5.41, 5.74) is 3.95. The van der Waals surface area contributed by atoms with Crippen molar-refractivity contribution in [3.8, 4) is 5.75 Å². The van der Waals surface area contributed by atoms with Gasteiger partial charge in [-0.15, -0.1) is 0 Å². The smallest absolute Gasteiger partial charge is 0.344 e. The number of ether oxygens (including phenoxy) is 1. The Hall–Kier alpha value is -3.29. The summed E-state index contributed by atoms with van der Waals surface area (Å²) in [5.74, 6) is -0.504. The van der Waals surface area contributed by atoms with Crippen molar-refractivity contribution in [2.75, 3.05) is 0 Å². The standard InChI is InChI=1S/C25H16Br2N2O3/c26-19-8-3-7-17(13-19)24(30)29-28-15-18-14-20(27)11-12-23(18)32-25(31)22-10-4-6-16-5-1-2-9-21(16)22/h1-15H,(H,29,30)/b28-15-. The number of rotatable bonds is 5. The Kier molecular flexibility index (Phi) is 6.78. The average molecular weight is 552 g/mol. The molecule has 0 aliphatic heterocycles. The lowest BCUT2D eigenvalue weighted by atomic mass is 10.0. The molecule has 0 spiro atoms. The molecule has 1 amide bonds. The molecule has 0 aliphatic carbocycles. The Labute approximate surface area is 201 Å². The van der Waals surface area contributed by atoms with Gasteiger partial charge >= 0.3 is 5.97 Å². The Morgan fingerprint density at radius 1 is 0.844 bits per heavy atom. The van der Waals surface area contributed by atoms with Crippen LogP contribution in [0.15, 0.2) is 99.0 Å². The topological polar surface area (TPSA) is 67.8 Å². The van der Waals surface area contributed by atoms with Crippen LogP contribution in [0.2, 0.25) is 0 Å².